The van der Waals surface area contributed by atoms with E-state index in [9.17, 15) is 9.59 Å². The molecule has 2 rings (SSSR count). The van der Waals surface area contributed by atoms with Gasteiger partial charge in [0.25, 0.3) is 0 Å². The Morgan fingerprint density at radius 1 is 1.32 bits per heavy atom. The zero-order valence-corrected chi connectivity index (χ0v) is 13.1. The highest BCUT2D eigenvalue weighted by Crippen LogP contribution is 2.20. The molecule has 0 radical (unpaired) electrons. The molecule has 1 aliphatic rings. The molecule has 2 heterocycles. The number of piperidine rings is 1. The predicted molar refractivity (Wildman–Crippen MR) is 83.3 cm³/mol. The Balaban J connectivity index is 1.77. The Morgan fingerprint density at radius 2 is 1.95 bits per heavy atom. The van der Waals surface area contributed by atoms with Crippen molar-refractivity contribution in [3.8, 4) is 0 Å². The maximum Gasteiger partial charge on any atom is 0.409 e. The first-order valence-corrected chi connectivity index (χ1v) is 7.69. The van der Waals surface area contributed by atoms with Crippen LogP contribution in [0.2, 0.25) is 0 Å². The van der Waals surface area contributed by atoms with Gasteiger partial charge >= 0.3 is 6.09 Å². The summed E-state index contributed by atoms with van der Waals surface area (Å²) in [5, 5.41) is 2.88. The predicted octanol–water partition coefficient (Wildman–Crippen LogP) is 2.52. The average Bonchev–Trinajstić information content (AvgIpc) is 2.53. The monoisotopic (exact) mass is 305 g/mol. The molecule has 120 valence electrons. The Kier molecular flexibility index (Phi) is 5.75. The largest absolute Gasteiger partial charge is 0.449 e. The summed E-state index contributed by atoms with van der Waals surface area (Å²) in [4.78, 5) is 29.7. The lowest BCUT2D eigenvalue weighted by atomic mass is 9.96. The highest BCUT2D eigenvalue weighted by Gasteiger charge is 2.28. The summed E-state index contributed by atoms with van der Waals surface area (Å²) in [5.41, 5.74) is 0.749. The van der Waals surface area contributed by atoms with E-state index in [1.807, 2.05) is 13.8 Å². The molecule has 6 heteroatoms. The van der Waals surface area contributed by atoms with Gasteiger partial charge in [-0.05, 0) is 30.9 Å². The van der Waals surface area contributed by atoms with Gasteiger partial charge in [-0.3, -0.25) is 9.78 Å². The summed E-state index contributed by atoms with van der Waals surface area (Å²) < 4.78 is 5.21. The minimum absolute atomic E-state index is 0.00129. The van der Waals surface area contributed by atoms with Crippen LogP contribution in [0.1, 0.15) is 26.7 Å². The topological polar surface area (TPSA) is 71.5 Å². The molecule has 0 unspecified atom stereocenters. The highest BCUT2D eigenvalue weighted by molar-refractivity contribution is 5.92. The van der Waals surface area contributed by atoms with Crippen molar-refractivity contribution in [3.05, 3.63) is 24.5 Å². The number of rotatable bonds is 4. The molecule has 6 nitrogen and oxygen atoms in total. The second kappa shape index (κ2) is 7.77. The van der Waals surface area contributed by atoms with Crippen LogP contribution in [-0.4, -0.2) is 41.6 Å². The van der Waals surface area contributed by atoms with Gasteiger partial charge in [0.1, 0.15) is 0 Å². The molecular weight excluding hydrogens is 282 g/mol. The Bertz CT molecular complexity index is 497. The zero-order chi connectivity index (χ0) is 15.9. The number of nitrogens with one attached hydrogen (secondary N) is 1. The number of anilines is 1. The van der Waals surface area contributed by atoms with Crippen molar-refractivity contribution in [2.45, 2.75) is 26.7 Å². The van der Waals surface area contributed by atoms with Crippen molar-refractivity contribution in [1.82, 2.24) is 9.88 Å². The molecule has 1 N–H and O–H groups in total. The van der Waals surface area contributed by atoms with Gasteiger partial charge in [0, 0.05) is 37.1 Å². The van der Waals surface area contributed by atoms with E-state index >= 15 is 0 Å². The molecule has 0 aliphatic carbocycles. The summed E-state index contributed by atoms with van der Waals surface area (Å²) in [6.07, 6.45) is 4.33. The third kappa shape index (κ3) is 4.72. The number of hydrogen-bond acceptors (Lipinski definition) is 4. The number of likely N-dealkylation sites (tertiary alicyclic amines) is 1. The van der Waals surface area contributed by atoms with Crippen LogP contribution >= 0.6 is 0 Å². The molecule has 0 atom stereocenters. The van der Waals surface area contributed by atoms with E-state index < -0.39 is 0 Å². The lowest BCUT2D eigenvalue weighted by molar-refractivity contribution is -0.121. The first-order valence-electron chi connectivity index (χ1n) is 7.69. The maximum absolute atomic E-state index is 12.2. The first-order chi connectivity index (χ1) is 10.6. The van der Waals surface area contributed by atoms with Crippen molar-refractivity contribution in [3.63, 3.8) is 0 Å². The number of hydrogen-bond donors (Lipinski definition) is 1. The van der Waals surface area contributed by atoms with E-state index in [0.717, 1.165) is 5.69 Å². The summed E-state index contributed by atoms with van der Waals surface area (Å²) >= 11 is 0. The van der Waals surface area contributed by atoms with Crippen LogP contribution in [0.4, 0.5) is 10.5 Å². The van der Waals surface area contributed by atoms with Gasteiger partial charge in [-0.25, -0.2) is 4.79 Å². The summed E-state index contributed by atoms with van der Waals surface area (Å²) in [6, 6.07) is 3.52. The molecule has 1 saturated heterocycles. The van der Waals surface area contributed by atoms with Gasteiger partial charge in [0.2, 0.25) is 5.91 Å². The van der Waals surface area contributed by atoms with Crippen LogP contribution in [0.3, 0.4) is 0 Å². The number of carbonyl (C=O) groups excluding carboxylic acids is 2. The highest BCUT2D eigenvalue weighted by atomic mass is 16.6. The standard InChI is InChI=1S/C16H23N3O3/c1-12(2)11-22-16(21)19-9-5-13(6-10-19)15(20)18-14-3-7-17-8-4-14/h3-4,7-8,12-13H,5-6,9-11H2,1-2H3,(H,17,18,20). The Morgan fingerprint density at radius 3 is 2.55 bits per heavy atom. The van der Waals surface area contributed by atoms with Gasteiger partial charge in [-0.15, -0.1) is 0 Å². The summed E-state index contributed by atoms with van der Waals surface area (Å²) in [7, 11) is 0. The van der Waals surface area contributed by atoms with Crippen LogP contribution in [0, 0.1) is 11.8 Å². The van der Waals surface area contributed by atoms with Gasteiger partial charge in [0.05, 0.1) is 6.61 Å². The van der Waals surface area contributed by atoms with Gasteiger partial charge in [-0.1, -0.05) is 13.8 Å². The molecule has 1 aromatic rings. The van der Waals surface area contributed by atoms with Gasteiger partial charge < -0.3 is 15.0 Å². The molecule has 0 spiro atoms. The second-order valence-corrected chi connectivity index (χ2v) is 5.96. The number of ether oxygens (including phenoxy) is 1. The summed E-state index contributed by atoms with van der Waals surface area (Å²) in [5.74, 6) is 0.261. The fraction of sp³-hybridized carbons (Fsp3) is 0.562. The summed E-state index contributed by atoms with van der Waals surface area (Å²) in [6.45, 7) is 5.56. The van der Waals surface area contributed by atoms with Crippen molar-refractivity contribution in [2.75, 3.05) is 25.0 Å². The van der Waals surface area contributed by atoms with Crippen LogP contribution < -0.4 is 5.32 Å². The van der Waals surface area contributed by atoms with E-state index in [4.69, 9.17) is 4.74 Å². The van der Waals surface area contributed by atoms with Crippen LogP contribution in [0.25, 0.3) is 0 Å². The fourth-order valence-corrected chi connectivity index (χ4v) is 2.33. The number of amides is 2. The van der Waals surface area contributed by atoms with Crippen LogP contribution in [-0.2, 0) is 9.53 Å². The third-order valence-electron chi connectivity index (χ3n) is 3.61. The zero-order valence-electron chi connectivity index (χ0n) is 13.1. The van der Waals surface area contributed by atoms with Crippen LogP contribution in [0.15, 0.2) is 24.5 Å². The number of nitrogens with zero attached hydrogens (tertiary/aromatic N) is 2. The van der Waals surface area contributed by atoms with E-state index in [2.05, 4.69) is 10.3 Å². The van der Waals surface area contributed by atoms with E-state index in [1.54, 1.807) is 29.4 Å². The Hall–Kier alpha value is -2.11. The lowest BCUT2D eigenvalue weighted by Gasteiger charge is -2.30. The van der Waals surface area contributed by atoms with Crippen molar-refractivity contribution in [1.29, 1.82) is 0 Å². The molecular formula is C16H23N3O3. The SMILES string of the molecule is CC(C)COC(=O)N1CCC(C(=O)Nc2ccncc2)CC1. The van der Waals surface area contributed by atoms with Gasteiger partial charge in [-0.2, -0.15) is 0 Å². The molecule has 1 fully saturated rings. The average molecular weight is 305 g/mol. The van der Waals surface area contributed by atoms with Gasteiger partial charge in [0.15, 0.2) is 0 Å². The molecule has 2 amide bonds. The second-order valence-electron chi connectivity index (χ2n) is 5.96. The first kappa shape index (κ1) is 16.3. The maximum atomic E-state index is 12.2. The molecule has 0 saturated carbocycles. The molecule has 0 aromatic carbocycles. The number of pyridine rings is 1. The van der Waals surface area contributed by atoms with Crippen LogP contribution in [0.5, 0.6) is 0 Å². The minimum atomic E-state index is -0.276. The van der Waals surface area contributed by atoms with Crippen molar-refractivity contribution < 1.29 is 14.3 Å². The van der Waals surface area contributed by atoms with Crippen molar-refractivity contribution in [2.24, 2.45) is 11.8 Å². The fourth-order valence-electron chi connectivity index (χ4n) is 2.33. The quantitative estimate of drug-likeness (QED) is 0.928. The molecule has 1 aromatic heterocycles. The third-order valence-corrected chi connectivity index (χ3v) is 3.61. The normalized spacial score (nSPS) is 15.7. The Labute approximate surface area is 130 Å². The van der Waals surface area contributed by atoms with E-state index in [-0.39, 0.29) is 17.9 Å². The lowest BCUT2D eigenvalue weighted by Crippen LogP contribution is -2.42. The molecule has 0 bridgehead atoms. The smallest absolute Gasteiger partial charge is 0.409 e. The molecule has 1 aliphatic heterocycles. The van der Waals surface area contributed by atoms with E-state index in [1.165, 1.54) is 0 Å². The number of aromatic nitrogens is 1. The van der Waals surface area contributed by atoms with E-state index in [0.29, 0.717) is 38.5 Å². The minimum Gasteiger partial charge on any atom is -0.449 e. The van der Waals surface area contributed by atoms with Crippen molar-refractivity contribution >= 4 is 17.7 Å². The molecule has 22 heavy (non-hydrogen) atoms. The number of carbonyl (C=O) groups is 2.